The maximum atomic E-state index is 11.5. The Morgan fingerprint density at radius 1 is 1.38 bits per heavy atom. The van der Waals surface area contributed by atoms with Crippen LogP contribution in [0.3, 0.4) is 0 Å². The van der Waals surface area contributed by atoms with Crippen molar-refractivity contribution in [1.82, 2.24) is 4.90 Å². The van der Waals surface area contributed by atoms with Crippen LogP contribution in [-0.4, -0.2) is 40.8 Å². The molecule has 0 spiro atoms. The molecule has 1 saturated heterocycles. The molecule has 0 aromatic carbocycles. The topological polar surface area (TPSA) is 66.8 Å². The van der Waals surface area contributed by atoms with Crippen molar-refractivity contribution >= 4 is 12.1 Å². The van der Waals surface area contributed by atoms with E-state index in [1.165, 1.54) is 4.90 Å². The lowest BCUT2D eigenvalue weighted by atomic mass is 9.87. The van der Waals surface area contributed by atoms with Crippen LogP contribution < -0.4 is 0 Å². The highest BCUT2D eigenvalue weighted by atomic mass is 16.6. The van der Waals surface area contributed by atoms with Gasteiger partial charge in [-0.3, -0.25) is 4.79 Å². The minimum Gasteiger partial charge on any atom is -0.481 e. The third-order valence-electron chi connectivity index (χ3n) is 2.66. The number of carboxylic acids is 1. The molecule has 0 radical (unpaired) electrons. The minimum atomic E-state index is -0.811. The van der Waals surface area contributed by atoms with Crippen molar-refractivity contribution in [2.24, 2.45) is 11.8 Å². The molecule has 1 aliphatic heterocycles. The molecule has 16 heavy (non-hydrogen) atoms. The summed E-state index contributed by atoms with van der Waals surface area (Å²) < 4.78 is 5.17. The van der Waals surface area contributed by atoms with Gasteiger partial charge in [0.05, 0.1) is 5.92 Å². The predicted octanol–water partition coefficient (Wildman–Crippen LogP) is 1.57. The third kappa shape index (κ3) is 3.12. The van der Waals surface area contributed by atoms with E-state index in [1.807, 2.05) is 20.8 Å². The van der Waals surface area contributed by atoms with Crippen molar-refractivity contribution in [3.05, 3.63) is 0 Å². The van der Waals surface area contributed by atoms with Crippen molar-refractivity contribution in [2.75, 3.05) is 13.1 Å². The maximum absolute atomic E-state index is 11.5. The van der Waals surface area contributed by atoms with Gasteiger partial charge in [0.25, 0.3) is 0 Å². The van der Waals surface area contributed by atoms with E-state index in [2.05, 4.69) is 0 Å². The van der Waals surface area contributed by atoms with E-state index in [9.17, 15) is 9.59 Å². The molecule has 1 atom stereocenters. The first kappa shape index (κ1) is 12.8. The van der Waals surface area contributed by atoms with Crippen LogP contribution in [0.15, 0.2) is 0 Å². The largest absolute Gasteiger partial charge is 0.481 e. The van der Waals surface area contributed by atoms with E-state index in [-0.39, 0.29) is 12.0 Å². The number of hydrogen-bond acceptors (Lipinski definition) is 3. The monoisotopic (exact) mass is 229 g/mol. The van der Waals surface area contributed by atoms with Gasteiger partial charge in [0.15, 0.2) is 0 Å². The van der Waals surface area contributed by atoms with Crippen LogP contribution in [-0.2, 0) is 9.53 Å². The maximum Gasteiger partial charge on any atom is 0.410 e. The number of aliphatic carboxylic acids is 1. The van der Waals surface area contributed by atoms with Crippen molar-refractivity contribution in [1.29, 1.82) is 0 Å². The average Bonchev–Trinajstić information content (AvgIpc) is 1.96. The summed E-state index contributed by atoms with van der Waals surface area (Å²) >= 11 is 0. The highest BCUT2D eigenvalue weighted by Crippen LogP contribution is 2.25. The van der Waals surface area contributed by atoms with Gasteiger partial charge in [0, 0.05) is 19.0 Å². The smallest absolute Gasteiger partial charge is 0.410 e. The summed E-state index contributed by atoms with van der Waals surface area (Å²) in [5.74, 6) is -1.17. The van der Waals surface area contributed by atoms with Gasteiger partial charge in [-0.1, -0.05) is 6.92 Å². The highest BCUT2D eigenvalue weighted by Gasteiger charge is 2.38. The molecule has 1 N–H and O–H groups in total. The lowest BCUT2D eigenvalue weighted by molar-refractivity contribution is -0.145. The number of ether oxygens (including phenoxy) is 1. The summed E-state index contributed by atoms with van der Waals surface area (Å²) in [6.45, 7) is 8.04. The van der Waals surface area contributed by atoms with Gasteiger partial charge in [-0.15, -0.1) is 0 Å². The summed E-state index contributed by atoms with van der Waals surface area (Å²) in [6.07, 6.45) is -0.360. The second-order valence-corrected chi connectivity index (χ2v) is 5.27. The van der Waals surface area contributed by atoms with Crippen LogP contribution in [0, 0.1) is 11.8 Å². The van der Waals surface area contributed by atoms with E-state index in [0.29, 0.717) is 13.1 Å². The van der Waals surface area contributed by atoms with Gasteiger partial charge < -0.3 is 14.7 Å². The van der Waals surface area contributed by atoms with Crippen LogP contribution in [0.2, 0.25) is 0 Å². The van der Waals surface area contributed by atoms with E-state index in [4.69, 9.17) is 9.84 Å². The fourth-order valence-electron chi connectivity index (χ4n) is 1.51. The van der Waals surface area contributed by atoms with Gasteiger partial charge in [-0.05, 0) is 20.8 Å². The number of likely N-dealkylation sites (tertiary alicyclic amines) is 1. The molecule has 1 fully saturated rings. The Balaban J connectivity index is 2.36. The Hall–Kier alpha value is -1.26. The number of nitrogens with zero attached hydrogens (tertiary/aromatic N) is 1. The fraction of sp³-hybridized carbons (Fsp3) is 0.818. The SMILES string of the molecule is C[C@@H](C(=O)O)C1CN(C(=O)OC(C)(C)C)C1. The van der Waals surface area contributed by atoms with Crippen molar-refractivity contribution in [3.8, 4) is 0 Å². The molecule has 5 heteroatoms. The molecule has 92 valence electrons. The lowest BCUT2D eigenvalue weighted by Crippen LogP contribution is -2.54. The first-order valence-corrected chi connectivity index (χ1v) is 5.41. The molecule has 1 aliphatic rings. The fourth-order valence-corrected chi connectivity index (χ4v) is 1.51. The number of rotatable bonds is 2. The lowest BCUT2D eigenvalue weighted by Gasteiger charge is -2.41. The number of carbonyl (C=O) groups is 2. The van der Waals surface area contributed by atoms with Gasteiger partial charge in [0.2, 0.25) is 0 Å². The van der Waals surface area contributed by atoms with Gasteiger partial charge in [0.1, 0.15) is 5.60 Å². The Bertz CT molecular complexity index is 289. The van der Waals surface area contributed by atoms with E-state index in [1.54, 1.807) is 6.92 Å². The summed E-state index contributed by atoms with van der Waals surface area (Å²) in [5.41, 5.74) is -0.499. The van der Waals surface area contributed by atoms with Crippen molar-refractivity contribution in [2.45, 2.75) is 33.3 Å². The van der Waals surface area contributed by atoms with Gasteiger partial charge >= 0.3 is 12.1 Å². The zero-order valence-electron chi connectivity index (χ0n) is 10.2. The highest BCUT2D eigenvalue weighted by molar-refractivity contribution is 5.72. The Labute approximate surface area is 95.4 Å². The van der Waals surface area contributed by atoms with Gasteiger partial charge in [-0.25, -0.2) is 4.79 Å². The molecule has 0 bridgehead atoms. The van der Waals surface area contributed by atoms with Crippen LogP contribution >= 0.6 is 0 Å². The molecule has 1 amide bonds. The molecule has 0 saturated carbocycles. The third-order valence-corrected chi connectivity index (χ3v) is 2.66. The average molecular weight is 229 g/mol. The second-order valence-electron chi connectivity index (χ2n) is 5.27. The predicted molar refractivity (Wildman–Crippen MR) is 58.1 cm³/mol. The van der Waals surface area contributed by atoms with Crippen LogP contribution in [0.5, 0.6) is 0 Å². The summed E-state index contributed by atoms with van der Waals surface area (Å²) in [5, 5.41) is 8.79. The first-order valence-electron chi connectivity index (χ1n) is 5.41. The zero-order chi connectivity index (χ0) is 12.5. The molecule has 1 heterocycles. The molecule has 5 nitrogen and oxygen atoms in total. The van der Waals surface area contributed by atoms with E-state index in [0.717, 1.165) is 0 Å². The normalized spacial score (nSPS) is 18.9. The quantitative estimate of drug-likeness (QED) is 0.780. The number of amides is 1. The van der Waals surface area contributed by atoms with E-state index >= 15 is 0 Å². The summed E-state index contributed by atoms with van der Waals surface area (Å²) in [4.78, 5) is 23.8. The standard InChI is InChI=1S/C11H19NO4/c1-7(9(13)14)8-5-12(6-8)10(15)16-11(2,3)4/h7-8H,5-6H2,1-4H3,(H,13,14)/t7-/m1/s1. The zero-order valence-corrected chi connectivity index (χ0v) is 10.2. The Morgan fingerprint density at radius 3 is 2.25 bits per heavy atom. The van der Waals surface area contributed by atoms with E-state index < -0.39 is 17.5 Å². The minimum absolute atomic E-state index is 0.0463. The number of carboxylic acid groups (broad SMARTS) is 1. The van der Waals surface area contributed by atoms with Crippen LogP contribution in [0.1, 0.15) is 27.7 Å². The Morgan fingerprint density at radius 2 is 1.88 bits per heavy atom. The summed E-state index contributed by atoms with van der Waals surface area (Å²) in [6, 6.07) is 0. The molecule has 1 rings (SSSR count). The number of carbonyl (C=O) groups excluding carboxylic acids is 1. The molecule has 0 aromatic heterocycles. The summed E-state index contributed by atoms with van der Waals surface area (Å²) in [7, 11) is 0. The molecule has 0 aliphatic carbocycles. The molecular weight excluding hydrogens is 210 g/mol. The Kier molecular flexibility index (Phi) is 3.45. The number of hydrogen-bond donors (Lipinski definition) is 1. The van der Waals surface area contributed by atoms with Gasteiger partial charge in [-0.2, -0.15) is 0 Å². The molecule has 0 aromatic rings. The van der Waals surface area contributed by atoms with Crippen LogP contribution in [0.25, 0.3) is 0 Å². The first-order chi connectivity index (χ1) is 7.20. The molecule has 0 unspecified atom stereocenters. The van der Waals surface area contributed by atoms with Crippen molar-refractivity contribution in [3.63, 3.8) is 0 Å². The van der Waals surface area contributed by atoms with Crippen LogP contribution in [0.4, 0.5) is 4.79 Å². The van der Waals surface area contributed by atoms with Crippen molar-refractivity contribution < 1.29 is 19.4 Å². The second kappa shape index (κ2) is 4.31. The molecular formula is C11H19NO4.